The Morgan fingerprint density at radius 1 is 1.21 bits per heavy atom. The van der Waals surface area contributed by atoms with E-state index in [0.717, 1.165) is 16.7 Å². The summed E-state index contributed by atoms with van der Waals surface area (Å²) in [7, 11) is 0. The Morgan fingerprint density at radius 2 is 1.79 bits per heavy atom. The molecule has 1 aromatic rings. The smallest absolute Gasteiger partial charge is 0.0406 e. The minimum absolute atomic E-state index is 0. The van der Waals surface area contributed by atoms with Crippen molar-refractivity contribution < 1.29 is 0 Å². The molecule has 1 rings (SSSR count). The summed E-state index contributed by atoms with van der Waals surface area (Å²) in [4.78, 5) is 0. The molecular weight excluding hydrogens is 214 g/mol. The topological polar surface area (TPSA) is 35.0 Å². The van der Waals surface area contributed by atoms with E-state index in [4.69, 9.17) is 11.6 Å². The second kappa shape index (κ2) is 7.16. The zero-order valence-corrected chi connectivity index (χ0v) is 10.4. The highest BCUT2D eigenvalue weighted by molar-refractivity contribution is 7.98. The number of benzene rings is 1. The van der Waals surface area contributed by atoms with Gasteiger partial charge in [-0.1, -0.05) is 37.6 Å². The number of halogens is 1. The van der Waals surface area contributed by atoms with E-state index in [-0.39, 0.29) is 6.15 Å². The normalized spacial score (nSPS) is 10.0. The Balaban J connectivity index is 0.00000169. The molecule has 1 aromatic carbocycles. The van der Waals surface area contributed by atoms with E-state index in [1.807, 2.05) is 23.9 Å². The fraction of sp³-hybridized carbons (Fsp3) is 0.455. The molecule has 1 nitrogen and oxygen atoms in total. The largest absolute Gasteiger partial charge is 0.344 e. The Bertz CT molecular complexity index is 246. The van der Waals surface area contributed by atoms with Gasteiger partial charge in [0.1, 0.15) is 0 Å². The number of hydrogen-bond donors (Lipinski definition) is 1. The van der Waals surface area contributed by atoms with Crippen LogP contribution in [0.25, 0.3) is 0 Å². The van der Waals surface area contributed by atoms with Crippen LogP contribution in [0.1, 0.15) is 19.4 Å². The summed E-state index contributed by atoms with van der Waals surface area (Å²) in [6.07, 6.45) is 0. The van der Waals surface area contributed by atoms with E-state index in [2.05, 4.69) is 26.0 Å². The highest BCUT2D eigenvalue weighted by Gasteiger charge is 1.96. The predicted molar refractivity (Wildman–Crippen MR) is 67.5 cm³/mol. The molecule has 3 N–H and O–H groups in total. The second-order valence-electron chi connectivity index (χ2n) is 3.54. The van der Waals surface area contributed by atoms with Crippen molar-refractivity contribution in [3.05, 3.63) is 34.9 Å². The second-order valence-corrected chi connectivity index (χ2v) is 5.00. The van der Waals surface area contributed by atoms with Gasteiger partial charge in [-0.2, -0.15) is 11.8 Å². The van der Waals surface area contributed by atoms with E-state index in [1.54, 1.807) is 0 Å². The summed E-state index contributed by atoms with van der Waals surface area (Å²) in [5, 5.41) is 0.817. The van der Waals surface area contributed by atoms with Crippen LogP contribution in [0.2, 0.25) is 5.02 Å². The van der Waals surface area contributed by atoms with Crippen LogP contribution in [-0.2, 0) is 5.75 Å². The van der Waals surface area contributed by atoms with Crippen molar-refractivity contribution in [3.63, 3.8) is 0 Å². The maximum atomic E-state index is 5.79. The molecule has 0 spiro atoms. The first-order chi connectivity index (χ1) is 6.18. The van der Waals surface area contributed by atoms with Crippen LogP contribution in [0.4, 0.5) is 0 Å². The molecule has 0 heterocycles. The lowest BCUT2D eigenvalue weighted by atomic mass is 10.2. The van der Waals surface area contributed by atoms with E-state index < -0.39 is 0 Å². The average molecular weight is 232 g/mol. The van der Waals surface area contributed by atoms with Crippen LogP contribution in [-0.4, -0.2) is 5.75 Å². The Hall–Kier alpha value is -0.180. The summed E-state index contributed by atoms with van der Waals surface area (Å²) < 4.78 is 0. The molecular formula is C11H18ClNS. The zero-order valence-electron chi connectivity index (χ0n) is 8.79. The fourth-order valence-corrected chi connectivity index (χ4v) is 2.14. The molecule has 0 aliphatic rings. The lowest BCUT2D eigenvalue weighted by Gasteiger charge is -2.04. The number of hydrogen-bond acceptors (Lipinski definition) is 2. The monoisotopic (exact) mass is 231 g/mol. The molecule has 80 valence electrons. The molecule has 3 heteroatoms. The predicted octanol–water partition coefficient (Wildman–Crippen LogP) is 4.39. The van der Waals surface area contributed by atoms with Gasteiger partial charge in [0.05, 0.1) is 0 Å². The first kappa shape index (κ1) is 13.8. The third kappa shape index (κ3) is 5.53. The molecule has 0 saturated carbocycles. The van der Waals surface area contributed by atoms with E-state index in [1.165, 1.54) is 11.3 Å². The average Bonchev–Trinajstić information content (AvgIpc) is 2.08. The molecule has 0 bridgehead atoms. The Kier molecular flexibility index (Phi) is 7.06. The third-order valence-electron chi connectivity index (χ3n) is 1.63. The maximum absolute atomic E-state index is 5.79. The van der Waals surface area contributed by atoms with Gasteiger partial charge in [0, 0.05) is 10.8 Å². The van der Waals surface area contributed by atoms with Crippen LogP contribution in [0.3, 0.4) is 0 Å². The van der Waals surface area contributed by atoms with Crippen LogP contribution < -0.4 is 6.15 Å². The van der Waals surface area contributed by atoms with Crippen molar-refractivity contribution >= 4 is 23.4 Å². The van der Waals surface area contributed by atoms with Gasteiger partial charge in [-0.05, 0) is 29.4 Å². The molecule has 0 radical (unpaired) electrons. The van der Waals surface area contributed by atoms with Crippen molar-refractivity contribution in [1.82, 2.24) is 6.15 Å². The minimum Gasteiger partial charge on any atom is -0.344 e. The van der Waals surface area contributed by atoms with Gasteiger partial charge in [-0.3, -0.25) is 0 Å². The van der Waals surface area contributed by atoms with Gasteiger partial charge < -0.3 is 6.15 Å². The van der Waals surface area contributed by atoms with Crippen molar-refractivity contribution in [1.29, 1.82) is 0 Å². The van der Waals surface area contributed by atoms with Crippen molar-refractivity contribution in [3.8, 4) is 0 Å². The van der Waals surface area contributed by atoms with Crippen LogP contribution in [0.15, 0.2) is 24.3 Å². The van der Waals surface area contributed by atoms with Gasteiger partial charge in [-0.25, -0.2) is 0 Å². The highest BCUT2D eigenvalue weighted by atomic mass is 35.5. The molecule has 0 aliphatic heterocycles. The molecule has 0 saturated heterocycles. The SMILES string of the molecule is CC(C)CSCc1ccc(Cl)cc1.N. The summed E-state index contributed by atoms with van der Waals surface area (Å²) in [5.41, 5.74) is 1.36. The van der Waals surface area contributed by atoms with E-state index in [0.29, 0.717) is 0 Å². The molecule has 0 aromatic heterocycles. The fourth-order valence-electron chi connectivity index (χ4n) is 0.993. The molecule has 0 amide bonds. The van der Waals surface area contributed by atoms with E-state index in [9.17, 15) is 0 Å². The zero-order chi connectivity index (χ0) is 9.68. The summed E-state index contributed by atoms with van der Waals surface area (Å²) in [6.45, 7) is 4.49. The van der Waals surface area contributed by atoms with Crippen molar-refractivity contribution in [2.45, 2.75) is 19.6 Å². The van der Waals surface area contributed by atoms with E-state index >= 15 is 0 Å². The number of thioether (sulfide) groups is 1. The standard InChI is InChI=1S/C11H15ClS.H3N/c1-9(2)7-13-8-10-3-5-11(12)6-4-10;/h3-6,9H,7-8H2,1-2H3;1H3. The molecule has 0 unspecified atom stereocenters. The first-order valence-corrected chi connectivity index (χ1v) is 6.04. The van der Waals surface area contributed by atoms with Gasteiger partial charge in [-0.15, -0.1) is 0 Å². The number of rotatable bonds is 4. The Morgan fingerprint density at radius 3 is 2.29 bits per heavy atom. The Labute approximate surface area is 95.8 Å². The van der Waals surface area contributed by atoms with Crippen molar-refractivity contribution in [2.24, 2.45) is 5.92 Å². The summed E-state index contributed by atoms with van der Waals surface area (Å²) in [5.74, 6) is 3.09. The molecule has 0 fully saturated rings. The summed E-state index contributed by atoms with van der Waals surface area (Å²) >= 11 is 7.77. The van der Waals surface area contributed by atoms with Crippen LogP contribution in [0.5, 0.6) is 0 Å². The third-order valence-corrected chi connectivity index (χ3v) is 3.32. The minimum atomic E-state index is 0. The maximum Gasteiger partial charge on any atom is 0.0406 e. The lowest BCUT2D eigenvalue weighted by Crippen LogP contribution is -1.91. The summed E-state index contributed by atoms with van der Waals surface area (Å²) in [6, 6.07) is 8.09. The highest BCUT2D eigenvalue weighted by Crippen LogP contribution is 2.17. The van der Waals surface area contributed by atoms with Gasteiger partial charge in [0.15, 0.2) is 0 Å². The van der Waals surface area contributed by atoms with Gasteiger partial charge >= 0.3 is 0 Å². The lowest BCUT2D eigenvalue weighted by molar-refractivity contribution is 0.750. The van der Waals surface area contributed by atoms with Crippen LogP contribution in [0, 0.1) is 5.92 Å². The molecule has 0 aliphatic carbocycles. The molecule has 14 heavy (non-hydrogen) atoms. The van der Waals surface area contributed by atoms with Gasteiger partial charge in [0.2, 0.25) is 0 Å². The molecule has 0 atom stereocenters. The van der Waals surface area contributed by atoms with Gasteiger partial charge in [0.25, 0.3) is 0 Å². The first-order valence-electron chi connectivity index (χ1n) is 4.50. The van der Waals surface area contributed by atoms with Crippen molar-refractivity contribution in [2.75, 3.05) is 5.75 Å². The van der Waals surface area contributed by atoms with Crippen LogP contribution >= 0.6 is 23.4 Å². The quantitative estimate of drug-likeness (QED) is 0.834.